The van der Waals surface area contributed by atoms with Gasteiger partial charge in [-0.25, -0.2) is 13.2 Å². The van der Waals surface area contributed by atoms with Crippen LogP contribution in [-0.2, 0) is 33.8 Å². The Hall–Kier alpha value is -4.28. The highest BCUT2D eigenvalue weighted by molar-refractivity contribution is 5.84. The molecule has 8 nitrogen and oxygen atoms in total. The van der Waals surface area contributed by atoms with E-state index in [1.165, 1.54) is 18.2 Å². The Kier molecular flexibility index (Phi) is 8.90. The Morgan fingerprint density at radius 2 is 1.92 bits per heavy atom. The molecule has 4 rings (SSSR count). The maximum absolute atomic E-state index is 14.4. The van der Waals surface area contributed by atoms with Gasteiger partial charge in [0, 0.05) is 37.8 Å². The fourth-order valence-electron chi connectivity index (χ4n) is 4.40. The van der Waals surface area contributed by atoms with E-state index in [0.29, 0.717) is 30.8 Å². The molecule has 0 spiro atoms. The monoisotopic (exact) mass is 543 g/mol. The second-order valence-electron chi connectivity index (χ2n) is 9.13. The van der Waals surface area contributed by atoms with Crippen molar-refractivity contribution in [3.8, 4) is 5.75 Å². The molecule has 0 saturated carbocycles. The molecule has 0 aliphatic carbocycles. The lowest BCUT2D eigenvalue weighted by Crippen LogP contribution is -2.35. The van der Waals surface area contributed by atoms with Gasteiger partial charge in [-0.05, 0) is 47.9 Å². The minimum atomic E-state index is -1.61. The minimum Gasteiger partial charge on any atom is -0.494 e. The summed E-state index contributed by atoms with van der Waals surface area (Å²) in [5.41, 5.74) is 1.78. The van der Waals surface area contributed by atoms with Gasteiger partial charge in [0.05, 0.1) is 26.1 Å². The van der Waals surface area contributed by atoms with E-state index in [1.807, 2.05) is 6.07 Å². The summed E-state index contributed by atoms with van der Waals surface area (Å²) in [4.78, 5) is 31.0. The minimum absolute atomic E-state index is 0.0569. The van der Waals surface area contributed by atoms with Crippen LogP contribution < -0.4 is 10.2 Å². The Labute approximate surface area is 222 Å². The number of ether oxygens (including phenoxy) is 2. The van der Waals surface area contributed by atoms with Gasteiger partial charge in [-0.3, -0.25) is 14.6 Å². The number of hydrogen-bond acceptors (Lipinski definition) is 6. The second kappa shape index (κ2) is 12.5. The summed E-state index contributed by atoms with van der Waals surface area (Å²) in [5, 5.41) is 9.72. The average Bonchev–Trinajstić information content (AvgIpc) is 3.05. The average molecular weight is 544 g/mol. The predicted octanol–water partition coefficient (Wildman–Crippen LogP) is 3.78. The SMILES string of the molecule is COC(=O)C[C@@H]1Cc2ccc(OCCCN=c3ccccn3O)cc2CN(Cc2ccc(F)c(F)c2F)C1=O. The zero-order valence-corrected chi connectivity index (χ0v) is 21.3. The van der Waals surface area contributed by atoms with Crippen LogP contribution in [0.2, 0.25) is 0 Å². The van der Waals surface area contributed by atoms with Crippen molar-refractivity contribution in [2.45, 2.75) is 32.4 Å². The van der Waals surface area contributed by atoms with Crippen LogP contribution in [0.1, 0.15) is 29.5 Å². The third kappa shape index (κ3) is 6.78. The predicted molar refractivity (Wildman–Crippen MR) is 133 cm³/mol. The van der Waals surface area contributed by atoms with E-state index < -0.39 is 35.2 Å². The van der Waals surface area contributed by atoms with Gasteiger partial charge in [-0.15, -0.1) is 0 Å². The summed E-state index contributed by atoms with van der Waals surface area (Å²) in [7, 11) is 1.23. The number of amides is 1. The molecule has 2 heterocycles. The summed E-state index contributed by atoms with van der Waals surface area (Å²) < 4.78 is 53.3. The maximum Gasteiger partial charge on any atom is 0.306 e. The van der Waals surface area contributed by atoms with Crippen LogP contribution in [-0.4, -0.2) is 47.0 Å². The number of carbonyl (C=O) groups excluding carboxylic acids is 2. The summed E-state index contributed by atoms with van der Waals surface area (Å²) in [6.07, 6.45) is 2.13. The van der Waals surface area contributed by atoms with Crippen LogP contribution in [0.5, 0.6) is 5.75 Å². The zero-order valence-electron chi connectivity index (χ0n) is 21.3. The molecule has 1 aromatic heterocycles. The van der Waals surface area contributed by atoms with Crippen LogP contribution >= 0.6 is 0 Å². The lowest BCUT2D eigenvalue weighted by atomic mass is 9.94. The van der Waals surface area contributed by atoms with Gasteiger partial charge in [0.25, 0.3) is 0 Å². The first kappa shape index (κ1) is 27.7. The maximum atomic E-state index is 14.4. The number of hydrogen-bond donors (Lipinski definition) is 1. The Morgan fingerprint density at radius 3 is 2.69 bits per heavy atom. The van der Waals surface area contributed by atoms with Gasteiger partial charge in [0.2, 0.25) is 5.91 Å². The van der Waals surface area contributed by atoms with Crippen molar-refractivity contribution in [1.29, 1.82) is 0 Å². The third-order valence-electron chi connectivity index (χ3n) is 6.45. The Morgan fingerprint density at radius 1 is 1.10 bits per heavy atom. The summed E-state index contributed by atoms with van der Waals surface area (Å²) in [6, 6.07) is 12.4. The topological polar surface area (TPSA) is 93.4 Å². The number of esters is 1. The number of benzene rings is 2. The van der Waals surface area contributed by atoms with Crippen LogP contribution in [0, 0.1) is 23.4 Å². The quantitative estimate of drug-likeness (QED) is 0.192. The standard InChI is InChI=1S/C28H28F3N3O5/c1-38-25(35)15-20-13-18-6-8-22(39-12-4-10-32-24-5-2-3-11-34(24)37)14-21(18)17-33(28(20)36)16-19-7-9-23(29)27(31)26(19)30/h2-3,5-9,11,14,20,37H,4,10,12-13,15-17H2,1H3/t20-/m0/s1. The highest BCUT2D eigenvalue weighted by Crippen LogP contribution is 2.30. The third-order valence-corrected chi connectivity index (χ3v) is 6.45. The van der Waals surface area contributed by atoms with E-state index in [4.69, 9.17) is 9.47 Å². The molecule has 1 amide bonds. The number of aromatic nitrogens is 1. The van der Waals surface area contributed by atoms with Gasteiger partial charge in [0.15, 0.2) is 22.9 Å². The normalized spacial score (nSPS) is 15.6. The van der Waals surface area contributed by atoms with Gasteiger partial charge < -0.3 is 19.6 Å². The molecule has 1 N–H and O–H groups in total. The van der Waals surface area contributed by atoms with E-state index in [1.54, 1.807) is 30.3 Å². The van der Waals surface area contributed by atoms with Gasteiger partial charge in [-0.2, -0.15) is 4.73 Å². The fraction of sp³-hybridized carbons (Fsp3) is 0.321. The van der Waals surface area contributed by atoms with E-state index >= 15 is 0 Å². The first-order valence-electron chi connectivity index (χ1n) is 12.4. The van der Waals surface area contributed by atoms with E-state index in [-0.39, 0.29) is 31.5 Å². The van der Waals surface area contributed by atoms with Crippen molar-refractivity contribution in [2.75, 3.05) is 20.3 Å². The number of halogens is 3. The van der Waals surface area contributed by atoms with Crippen molar-refractivity contribution in [3.05, 3.63) is 94.4 Å². The Balaban J connectivity index is 1.51. The van der Waals surface area contributed by atoms with Crippen molar-refractivity contribution in [2.24, 2.45) is 10.9 Å². The van der Waals surface area contributed by atoms with E-state index in [9.17, 15) is 28.0 Å². The van der Waals surface area contributed by atoms with Crippen LogP contribution in [0.4, 0.5) is 13.2 Å². The van der Waals surface area contributed by atoms with Gasteiger partial charge in [-0.1, -0.05) is 18.2 Å². The molecule has 3 aromatic rings. The first-order valence-corrected chi connectivity index (χ1v) is 12.4. The molecule has 2 aromatic carbocycles. The van der Waals surface area contributed by atoms with Gasteiger partial charge >= 0.3 is 5.97 Å². The lowest BCUT2D eigenvalue weighted by Gasteiger charge is -2.24. The summed E-state index contributed by atoms with van der Waals surface area (Å²) >= 11 is 0. The summed E-state index contributed by atoms with van der Waals surface area (Å²) in [6.45, 7) is 0.512. The van der Waals surface area contributed by atoms with Crippen molar-refractivity contribution in [1.82, 2.24) is 9.63 Å². The number of methoxy groups -OCH3 is 1. The Bertz CT molecular complexity index is 1430. The van der Waals surface area contributed by atoms with E-state index in [2.05, 4.69) is 4.99 Å². The molecule has 206 valence electrons. The van der Waals surface area contributed by atoms with Crippen molar-refractivity contribution < 1.29 is 37.4 Å². The molecule has 0 bridgehead atoms. The number of carbonyl (C=O) groups is 2. The molecule has 11 heteroatoms. The molecule has 1 aliphatic rings. The molecular weight excluding hydrogens is 515 g/mol. The van der Waals surface area contributed by atoms with Crippen molar-refractivity contribution >= 4 is 11.9 Å². The fourth-order valence-corrected chi connectivity index (χ4v) is 4.40. The first-order chi connectivity index (χ1) is 18.8. The highest BCUT2D eigenvalue weighted by atomic mass is 19.2. The molecule has 1 atom stereocenters. The molecule has 0 fully saturated rings. The largest absolute Gasteiger partial charge is 0.494 e. The van der Waals surface area contributed by atoms with Crippen LogP contribution in [0.15, 0.2) is 59.7 Å². The molecule has 39 heavy (non-hydrogen) atoms. The smallest absolute Gasteiger partial charge is 0.306 e. The zero-order chi connectivity index (χ0) is 27.9. The van der Waals surface area contributed by atoms with Crippen molar-refractivity contribution in [3.63, 3.8) is 0 Å². The van der Waals surface area contributed by atoms with Crippen LogP contribution in [0.25, 0.3) is 0 Å². The number of fused-ring (bicyclic) bond motifs is 1. The highest BCUT2D eigenvalue weighted by Gasteiger charge is 2.32. The summed E-state index contributed by atoms with van der Waals surface area (Å²) in [5.74, 6) is -5.50. The molecule has 1 aliphatic heterocycles. The van der Waals surface area contributed by atoms with Crippen LogP contribution in [0.3, 0.4) is 0 Å². The molecule has 0 radical (unpaired) electrons. The molecule has 0 saturated heterocycles. The molecular formula is C28H28F3N3O5. The number of rotatable bonds is 9. The second-order valence-corrected chi connectivity index (χ2v) is 9.13. The van der Waals surface area contributed by atoms with E-state index in [0.717, 1.165) is 28.0 Å². The molecule has 0 unspecified atom stereocenters. The van der Waals surface area contributed by atoms with Gasteiger partial charge in [0.1, 0.15) is 5.75 Å². The lowest BCUT2D eigenvalue weighted by molar-refractivity contribution is -0.147. The number of pyridine rings is 1. The number of nitrogens with zero attached hydrogens (tertiary/aromatic N) is 3.